The lowest BCUT2D eigenvalue weighted by Crippen LogP contribution is -2.39. The Kier molecular flexibility index (Phi) is 5.18. The number of halogens is 2. The number of sulfonamides is 1. The molecule has 1 aromatic heterocycles. The van der Waals surface area contributed by atoms with Crippen LogP contribution in [0.3, 0.4) is 0 Å². The van der Waals surface area contributed by atoms with Gasteiger partial charge in [0.1, 0.15) is 5.82 Å². The van der Waals surface area contributed by atoms with Gasteiger partial charge in [-0.3, -0.25) is 0 Å². The highest BCUT2D eigenvalue weighted by Crippen LogP contribution is 2.31. The molecule has 1 aliphatic rings. The van der Waals surface area contributed by atoms with Crippen molar-refractivity contribution < 1.29 is 17.2 Å². The molecule has 146 valence electrons. The highest BCUT2D eigenvalue weighted by molar-refractivity contribution is 7.89. The average molecular weight is 422 g/mol. The highest BCUT2D eigenvalue weighted by atomic mass is 35.5. The first-order valence-electron chi connectivity index (χ1n) is 8.78. The molecule has 2 aromatic carbocycles. The molecule has 28 heavy (non-hydrogen) atoms. The van der Waals surface area contributed by atoms with Crippen molar-refractivity contribution in [3.63, 3.8) is 0 Å². The van der Waals surface area contributed by atoms with Crippen LogP contribution in [0.5, 0.6) is 0 Å². The molecule has 9 heteroatoms. The minimum atomic E-state index is -3.66. The molecular weight excluding hydrogens is 405 g/mol. The topological polar surface area (TPSA) is 76.3 Å². The monoisotopic (exact) mass is 421 g/mol. The molecule has 1 atom stereocenters. The number of nitrogens with zero attached hydrogens (tertiary/aromatic N) is 3. The minimum absolute atomic E-state index is 0.165. The van der Waals surface area contributed by atoms with E-state index >= 15 is 0 Å². The summed E-state index contributed by atoms with van der Waals surface area (Å²) in [7, 11) is -3.66. The first-order valence-corrected chi connectivity index (χ1v) is 10.6. The molecule has 1 aliphatic heterocycles. The van der Waals surface area contributed by atoms with Gasteiger partial charge in [0.15, 0.2) is 0 Å². The van der Waals surface area contributed by atoms with E-state index in [0.29, 0.717) is 29.4 Å². The number of hydrogen-bond donors (Lipinski definition) is 0. The zero-order valence-corrected chi connectivity index (χ0v) is 16.3. The molecule has 0 amide bonds. The largest absolute Gasteiger partial charge is 0.420 e. The smallest absolute Gasteiger partial charge is 0.247 e. The van der Waals surface area contributed by atoms with E-state index in [1.54, 1.807) is 24.3 Å². The van der Waals surface area contributed by atoms with Crippen LogP contribution < -0.4 is 0 Å². The van der Waals surface area contributed by atoms with Gasteiger partial charge in [0.2, 0.25) is 21.8 Å². The predicted octanol–water partition coefficient (Wildman–Crippen LogP) is 4.10. The summed E-state index contributed by atoms with van der Waals surface area (Å²) >= 11 is 5.95. The SMILES string of the molecule is O=S(=O)(c1cccc(Cl)c1)N1CCCC(c2nnc(-c3ccc(F)cc3)o2)C1. The van der Waals surface area contributed by atoms with Gasteiger partial charge >= 0.3 is 0 Å². The molecular formula is C19H17ClFN3O3S. The first-order chi connectivity index (χ1) is 13.4. The Morgan fingerprint density at radius 1 is 1.14 bits per heavy atom. The van der Waals surface area contributed by atoms with Crippen LogP contribution >= 0.6 is 11.6 Å². The summed E-state index contributed by atoms with van der Waals surface area (Å²) in [5.41, 5.74) is 0.611. The summed E-state index contributed by atoms with van der Waals surface area (Å²) in [6, 6.07) is 12.0. The summed E-state index contributed by atoms with van der Waals surface area (Å²) in [6.07, 6.45) is 1.42. The van der Waals surface area contributed by atoms with Crippen LogP contribution in [0.25, 0.3) is 11.5 Å². The summed E-state index contributed by atoms with van der Waals surface area (Å²) in [5, 5.41) is 8.48. The van der Waals surface area contributed by atoms with Crippen LogP contribution in [0.1, 0.15) is 24.7 Å². The predicted molar refractivity (Wildman–Crippen MR) is 102 cm³/mol. The van der Waals surface area contributed by atoms with Crippen LogP contribution in [0.2, 0.25) is 5.02 Å². The Hall–Kier alpha value is -2.29. The molecule has 0 saturated carbocycles. The number of rotatable bonds is 4. The third-order valence-corrected chi connectivity index (χ3v) is 6.80. The standard InChI is InChI=1S/C19H17ClFN3O3S/c20-15-4-1-5-17(11-15)28(25,26)24-10-2-3-14(12-24)19-23-22-18(27-19)13-6-8-16(21)9-7-13/h1,4-9,11,14H,2-3,10,12H2. The molecule has 1 fully saturated rings. The average Bonchev–Trinajstić information content (AvgIpc) is 3.19. The summed E-state index contributed by atoms with van der Waals surface area (Å²) < 4.78 is 46.1. The molecule has 3 aromatic rings. The quantitative estimate of drug-likeness (QED) is 0.634. The lowest BCUT2D eigenvalue weighted by Gasteiger charge is -2.30. The van der Waals surface area contributed by atoms with Gasteiger partial charge in [-0.15, -0.1) is 10.2 Å². The maximum atomic E-state index is 13.1. The zero-order valence-electron chi connectivity index (χ0n) is 14.8. The van der Waals surface area contributed by atoms with Crippen LogP contribution in [0, 0.1) is 5.82 Å². The number of piperidine rings is 1. The number of aromatic nitrogens is 2. The Balaban J connectivity index is 1.55. The maximum absolute atomic E-state index is 13.1. The Morgan fingerprint density at radius 2 is 1.93 bits per heavy atom. The van der Waals surface area contributed by atoms with E-state index < -0.39 is 10.0 Å². The van der Waals surface area contributed by atoms with Gasteiger partial charge < -0.3 is 4.42 Å². The molecule has 0 aliphatic carbocycles. The number of benzene rings is 2. The maximum Gasteiger partial charge on any atom is 0.247 e. The molecule has 1 unspecified atom stereocenters. The van der Waals surface area contributed by atoms with Crippen LogP contribution in [-0.2, 0) is 10.0 Å². The van der Waals surface area contributed by atoms with E-state index in [1.807, 2.05) is 0 Å². The second kappa shape index (κ2) is 7.62. The van der Waals surface area contributed by atoms with E-state index in [0.717, 1.165) is 6.42 Å². The van der Waals surface area contributed by atoms with E-state index in [9.17, 15) is 12.8 Å². The van der Waals surface area contributed by atoms with Crippen molar-refractivity contribution in [2.24, 2.45) is 0 Å². The van der Waals surface area contributed by atoms with Gasteiger partial charge in [-0.1, -0.05) is 17.7 Å². The fourth-order valence-electron chi connectivity index (χ4n) is 3.25. The third kappa shape index (κ3) is 3.80. The van der Waals surface area contributed by atoms with Gasteiger partial charge in [-0.2, -0.15) is 4.31 Å². The van der Waals surface area contributed by atoms with Crippen LogP contribution in [-0.4, -0.2) is 36.0 Å². The van der Waals surface area contributed by atoms with Crippen molar-refractivity contribution >= 4 is 21.6 Å². The third-order valence-electron chi connectivity index (χ3n) is 4.70. The molecule has 0 bridgehead atoms. The lowest BCUT2D eigenvalue weighted by atomic mass is 10.00. The van der Waals surface area contributed by atoms with E-state index in [2.05, 4.69) is 10.2 Å². The van der Waals surface area contributed by atoms with E-state index in [1.165, 1.54) is 28.6 Å². The molecule has 2 heterocycles. The summed E-state index contributed by atoms with van der Waals surface area (Å²) in [5.74, 6) is 0.109. The number of hydrogen-bond acceptors (Lipinski definition) is 5. The second-order valence-corrected chi connectivity index (χ2v) is 8.99. The summed E-state index contributed by atoms with van der Waals surface area (Å²) in [4.78, 5) is 0.165. The molecule has 0 radical (unpaired) electrons. The second-order valence-electron chi connectivity index (χ2n) is 6.61. The Bertz CT molecular complexity index is 1090. The van der Waals surface area contributed by atoms with Gasteiger partial charge in [0, 0.05) is 23.7 Å². The minimum Gasteiger partial charge on any atom is -0.420 e. The van der Waals surface area contributed by atoms with Crippen molar-refractivity contribution in [1.82, 2.24) is 14.5 Å². The van der Waals surface area contributed by atoms with Gasteiger partial charge in [0.05, 0.1) is 10.8 Å². The first kappa shape index (κ1) is 19.0. The van der Waals surface area contributed by atoms with Crippen molar-refractivity contribution in [2.45, 2.75) is 23.7 Å². The fourth-order valence-corrected chi connectivity index (χ4v) is 5.07. The lowest BCUT2D eigenvalue weighted by molar-refractivity contribution is 0.286. The Labute approximate surface area is 167 Å². The summed E-state index contributed by atoms with van der Waals surface area (Å²) in [6.45, 7) is 0.671. The van der Waals surface area contributed by atoms with E-state index in [-0.39, 0.29) is 29.1 Å². The normalized spacial score (nSPS) is 18.3. The van der Waals surface area contributed by atoms with Gasteiger partial charge in [-0.05, 0) is 55.3 Å². The van der Waals surface area contributed by atoms with E-state index in [4.69, 9.17) is 16.0 Å². The fraction of sp³-hybridized carbons (Fsp3) is 0.263. The molecule has 0 spiro atoms. The highest BCUT2D eigenvalue weighted by Gasteiger charge is 2.33. The van der Waals surface area contributed by atoms with Gasteiger partial charge in [0.25, 0.3) is 0 Å². The van der Waals surface area contributed by atoms with Crippen LogP contribution in [0.4, 0.5) is 4.39 Å². The molecule has 0 N–H and O–H groups in total. The molecule has 6 nitrogen and oxygen atoms in total. The van der Waals surface area contributed by atoms with Crippen molar-refractivity contribution in [1.29, 1.82) is 0 Å². The van der Waals surface area contributed by atoms with Crippen molar-refractivity contribution in [2.75, 3.05) is 13.1 Å². The van der Waals surface area contributed by atoms with Crippen molar-refractivity contribution in [3.8, 4) is 11.5 Å². The van der Waals surface area contributed by atoms with Gasteiger partial charge in [-0.25, -0.2) is 12.8 Å². The van der Waals surface area contributed by atoms with Crippen molar-refractivity contribution in [3.05, 3.63) is 65.3 Å². The van der Waals surface area contributed by atoms with Crippen LogP contribution in [0.15, 0.2) is 57.8 Å². The molecule has 1 saturated heterocycles. The molecule has 4 rings (SSSR count). The Morgan fingerprint density at radius 3 is 2.68 bits per heavy atom. The zero-order chi connectivity index (χ0) is 19.7.